The Morgan fingerprint density at radius 1 is 1.03 bits per heavy atom. The number of ether oxygens (including phenoxy) is 2. The van der Waals surface area contributed by atoms with Crippen molar-refractivity contribution >= 4 is 35.1 Å². The molecule has 0 unspecified atom stereocenters. The summed E-state index contributed by atoms with van der Waals surface area (Å²) < 4.78 is 40.3. The van der Waals surface area contributed by atoms with Crippen LogP contribution in [0.3, 0.4) is 0 Å². The van der Waals surface area contributed by atoms with Crippen molar-refractivity contribution in [1.29, 1.82) is 0 Å². The molecule has 5 nitrogen and oxygen atoms in total. The summed E-state index contributed by atoms with van der Waals surface area (Å²) in [4.78, 5) is 12.6. The first-order chi connectivity index (χ1) is 15.3. The highest BCUT2D eigenvalue weighted by atomic mass is 35.5. The fourth-order valence-electron chi connectivity index (χ4n) is 3.14. The predicted octanol–water partition coefficient (Wildman–Crippen LogP) is 5.23. The first kappa shape index (κ1) is 23.7. The average Bonchev–Trinajstić information content (AvgIpc) is 2.76. The first-order valence-corrected chi connectivity index (χ1v) is 10.6. The summed E-state index contributed by atoms with van der Waals surface area (Å²) in [7, 11) is 3.06. The lowest BCUT2D eigenvalue weighted by atomic mass is 10.0. The molecule has 0 fully saturated rings. The van der Waals surface area contributed by atoms with Crippen molar-refractivity contribution in [2.24, 2.45) is 5.73 Å². The molecule has 0 aliphatic heterocycles. The molecule has 0 atom stereocenters. The van der Waals surface area contributed by atoms with Crippen molar-refractivity contribution < 1.29 is 23.0 Å². The number of methoxy groups -OCH3 is 2. The smallest absolute Gasteiger partial charge is 0.238 e. The quantitative estimate of drug-likeness (QED) is 0.427. The van der Waals surface area contributed by atoms with E-state index < -0.39 is 17.5 Å². The van der Waals surface area contributed by atoms with E-state index in [1.807, 2.05) is 6.07 Å². The Bertz CT molecular complexity index is 1130. The molecule has 0 saturated heterocycles. The molecule has 0 aliphatic carbocycles. The van der Waals surface area contributed by atoms with Crippen LogP contribution in [0.25, 0.3) is 0 Å². The van der Waals surface area contributed by atoms with Crippen molar-refractivity contribution in [2.45, 2.75) is 11.3 Å². The first-order valence-electron chi connectivity index (χ1n) is 9.49. The van der Waals surface area contributed by atoms with Crippen molar-refractivity contribution in [3.05, 3.63) is 82.4 Å². The summed E-state index contributed by atoms with van der Waals surface area (Å²) in [5, 5.41) is 0.427. The topological polar surface area (TPSA) is 64.8 Å². The zero-order valence-corrected chi connectivity index (χ0v) is 19.0. The Morgan fingerprint density at radius 2 is 1.78 bits per heavy atom. The molecule has 168 valence electrons. The Kier molecular flexibility index (Phi) is 7.82. The molecule has 0 spiro atoms. The summed E-state index contributed by atoms with van der Waals surface area (Å²) in [6, 6.07) is 14.3. The number of amides is 1. The van der Waals surface area contributed by atoms with Crippen molar-refractivity contribution in [3.63, 3.8) is 0 Å². The summed E-state index contributed by atoms with van der Waals surface area (Å²) in [5.74, 6) is -1.33. The molecule has 3 rings (SSSR count). The van der Waals surface area contributed by atoms with E-state index in [1.165, 1.54) is 38.3 Å². The van der Waals surface area contributed by atoms with Crippen LogP contribution in [-0.2, 0) is 11.2 Å². The van der Waals surface area contributed by atoms with Gasteiger partial charge in [0.05, 0.1) is 19.9 Å². The summed E-state index contributed by atoms with van der Waals surface area (Å²) in [6.45, 7) is -0.126. The molecular weight excluding hydrogens is 458 g/mol. The van der Waals surface area contributed by atoms with E-state index in [0.717, 1.165) is 11.0 Å². The largest absolute Gasteiger partial charge is 0.493 e. The van der Waals surface area contributed by atoms with Crippen LogP contribution in [0.15, 0.2) is 59.5 Å². The molecule has 0 aromatic heterocycles. The van der Waals surface area contributed by atoms with Gasteiger partial charge in [-0.1, -0.05) is 23.7 Å². The molecule has 0 saturated carbocycles. The minimum atomic E-state index is -0.931. The fourth-order valence-corrected chi connectivity index (χ4v) is 4.34. The minimum absolute atomic E-state index is 0.0707. The van der Waals surface area contributed by atoms with Gasteiger partial charge in [-0.05, 0) is 65.5 Å². The molecule has 9 heteroatoms. The number of nitrogens with zero attached hydrogens (tertiary/aromatic N) is 1. The van der Waals surface area contributed by atoms with Crippen LogP contribution in [-0.4, -0.2) is 26.7 Å². The highest BCUT2D eigenvalue weighted by Gasteiger charge is 2.19. The minimum Gasteiger partial charge on any atom is -0.493 e. The monoisotopic (exact) mass is 478 g/mol. The second-order valence-electron chi connectivity index (χ2n) is 6.77. The number of rotatable bonds is 9. The highest BCUT2D eigenvalue weighted by molar-refractivity contribution is 8.00. The van der Waals surface area contributed by atoms with Crippen LogP contribution in [0.4, 0.5) is 14.5 Å². The average molecular weight is 479 g/mol. The van der Waals surface area contributed by atoms with Crippen LogP contribution in [0.1, 0.15) is 11.1 Å². The van der Waals surface area contributed by atoms with E-state index in [4.69, 9.17) is 26.8 Å². The van der Waals surface area contributed by atoms with Gasteiger partial charge in [-0.2, -0.15) is 0 Å². The Morgan fingerprint density at radius 3 is 2.47 bits per heavy atom. The Balaban J connectivity index is 2.01. The van der Waals surface area contributed by atoms with Gasteiger partial charge < -0.3 is 19.5 Å². The molecule has 0 heterocycles. The molecule has 0 bridgehead atoms. The number of benzene rings is 3. The van der Waals surface area contributed by atoms with Crippen molar-refractivity contribution in [3.8, 4) is 11.5 Å². The van der Waals surface area contributed by atoms with Gasteiger partial charge >= 0.3 is 0 Å². The predicted molar refractivity (Wildman–Crippen MR) is 123 cm³/mol. The molecule has 3 aromatic carbocycles. The second-order valence-corrected chi connectivity index (χ2v) is 8.30. The lowest BCUT2D eigenvalue weighted by molar-refractivity contribution is -0.116. The Labute approximate surface area is 194 Å². The van der Waals surface area contributed by atoms with Gasteiger partial charge in [0, 0.05) is 16.3 Å². The molecule has 2 N–H and O–H groups in total. The van der Waals surface area contributed by atoms with Crippen LogP contribution in [0.2, 0.25) is 5.02 Å². The number of primary amides is 1. The standard InChI is InChI=1S/C23H21ClF2N2O3S/c1-30-20-9-7-17(12-21(20)31-2)32-28(13-22(27)29)19-8-6-16(24)11-15(19)10-14-4-3-5-18(25)23(14)26/h3-9,11-12H,10,13H2,1-2H3,(H2,27,29). The maximum absolute atomic E-state index is 14.3. The molecule has 0 aliphatic rings. The zero-order chi connectivity index (χ0) is 23.3. The van der Waals surface area contributed by atoms with E-state index >= 15 is 0 Å². The van der Waals surface area contributed by atoms with Crippen LogP contribution >= 0.6 is 23.5 Å². The maximum Gasteiger partial charge on any atom is 0.238 e. The third-order valence-electron chi connectivity index (χ3n) is 4.59. The summed E-state index contributed by atoms with van der Waals surface area (Å²) in [5.41, 5.74) is 6.86. The highest BCUT2D eigenvalue weighted by Crippen LogP contribution is 2.37. The van der Waals surface area contributed by atoms with E-state index in [9.17, 15) is 13.6 Å². The summed E-state index contributed by atoms with van der Waals surface area (Å²) in [6.07, 6.45) is 0.0707. The number of carbonyl (C=O) groups excluding carboxylic acids is 1. The SMILES string of the molecule is COc1ccc(SN(CC(N)=O)c2ccc(Cl)cc2Cc2cccc(F)c2F)cc1OC. The normalized spacial score (nSPS) is 10.7. The number of hydrogen-bond acceptors (Lipinski definition) is 5. The van der Waals surface area contributed by atoms with Gasteiger partial charge in [-0.3, -0.25) is 4.79 Å². The van der Waals surface area contributed by atoms with Gasteiger partial charge in [0.25, 0.3) is 0 Å². The van der Waals surface area contributed by atoms with Crippen LogP contribution in [0, 0.1) is 11.6 Å². The molecular formula is C23H21ClF2N2O3S. The number of carbonyl (C=O) groups is 1. The molecule has 32 heavy (non-hydrogen) atoms. The maximum atomic E-state index is 14.3. The van der Waals surface area contributed by atoms with Gasteiger partial charge in [0.2, 0.25) is 5.91 Å². The number of hydrogen-bond donors (Lipinski definition) is 1. The molecule has 0 radical (unpaired) electrons. The van der Waals surface area contributed by atoms with E-state index in [1.54, 1.807) is 34.6 Å². The third kappa shape index (κ3) is 5.63. The van der Waals surface area contributed by atoms with E-state index in [0.29, 0.717) is 27.8 Å². The van der Waals surface area contributed by atoms with Gasteiger partial charge in [-0.25, -0.2) is 8.78 Å². The molecule has 3 aromatic rings. The van der Waals surface area contributed by atoms with Crippen LogP contribution in [0.5, 0.6) is 11.5 Å². The zero-order valence-electron chi connectivity index (χ0n) is 17.4. The fraction of sp³-hybridized carbons (Fsp3) is 0.174. The van der Waals surface area contributed by atoms with E-state index in [-0.39, 0.29) is 18.5 Å². The van der Waals surface area contributed by atoms with Gasteiger partial charge in [-0.15, -0.1) is 0 Å². The third-order valence-corrected chi connectivity index (χ3v) is 5.84. The van der Waals surface area contributed by atoms with Gasteiger partial charge in [0.1, 0.15) is 6.54 Å². The Hall–Kier alpha value is -2.97. The van der Waals surface area contributed by atoms with Crippen molar-refractivity contribution in [2.75, 3.05) is 25.1 Å². The van der Waals surface area contributed by atoms with Gasteiger partial charge in [0.15, 0.2) is 23.1 Å². The molecule has 1 amide bonds. The lowest BCUT2D eigenvalue weighted by Crippen LogP contribution is -2.29. The number of nitrogens with two attached hydrogens (primary N) is 1. The number of anilines is 1. The lowest BCUT2D eigenvalue weighted by Gasteiger charge is -2.25. The number of halogens is 3. The second kappa shape index (κ2) is 10.6. The van der Waals surface area contributed by atoms with E-state index in [2.05, 4.69) is 0 Å². The summed E-state index contributed by atoms with van der Waals surface area (Å²) >= 11 is 7.43. The van der Waals surface area contributed by atoms with Crippen LogP contribution < -0.4 is 19.5 Å². The van der Waals surface area contributed by atoms with Crippen molar-refractivity contribution in [1.82, 2.24) is 0 Å².